The topological polar surface area (TPSA) is 27.1 Å². The van der Waals surface area contributed by atoms with Gasteiger partial charge >= 0.3 is 0 Å². The van der Waals surface area contributed by atoms with E-state index in [9.17, 15) is 4.39 Å². The van der Waals surface area contributed by atoms with Crippen LogP contribution in [-0.4, -0.2) is 9.78 Å². The van der Waals surface area contributed by atoms with Crippen molar-refractivity contribution in [2.75, 3.05) is 0 Å². The van der Waals surface area contributed by atoms with Crippen molar-refractivity contribution in [3.8, 4) is 5.75 Å². The molecule has 0 saturated carbocycles. The Hall–Kier alpha value is -2.62. The second-order valence-electron chi connectivity index (χ2n) is 4.78. The minimum atomic E-state index is -0.254. The summed E-state index contributed by atoms with van der Waals surface area (Å²) in [5.41, 5.74) is 1.98. The summed E-state index contributed by atoms with van der Waals surface area (Å²) in [6.45, 7) is 1.03. The summed E-state index contributed by atoms with van der Waals surface area (Å²) >= 11 is 0. The molecule has 21 heavy (non-hydrogen) atoms. The average Bonchev–Trinajstić information content (AvgIpc) is 2.94. The lowest BCUT2D eigenvalue weighted by Crippen LogP contribution is -1.99. The molecule has 0 aliphatic carbocycles. The summed E-state index contributed by atoms with van der Waals surface area (Å²) in [4.78, 5) is 0. The molecule has 1 heterocycles. The van der Waals surface area contributed by atoms with Crippen molar-refractivity contribution in [1.29, 1.82) is 0 Å². The van der Waals surface area contributed by atoms with Gasteiger partial charge in [0.1, 0.15) is 12.4 Å². The van der Waals surface area contributed by atoms with Crippen LogP contribution in [0.4, 0.5) is 4.39 Å². The van der Waals surface area contributed by atoms with Crippen molar-refractivity contribution in [2.24, 2.45) is 0 Å². The highest BCUT2D eigenvalue weighted by atomic mass is 19.1. The van der Waals surface area contributed by atoms with Crippen LogP contribution in [-0.2, 0) is 13.2 Å². The van der Waals surface area contributed by atoms with E-state index in [0.717, 1.165) is 5.56 Å². The van der Waals surface area contributed by atoms with Crippen LogP contribution >= 0.6 is 0 Å². The first-order chi connectivity index (χ1) is 10.3. The number of rotatable bonds is 5. The van der Waals surface area contributed by atoms with Crippen LogP contribution in [0.2, 0.25) is 0 Å². The van der Waals surface area contributed by atoms with Gasteiger partial charge in [-0.1, -0.05) is 42.5 Å². The molecule has 0 unspecified atom stereocenters. The highest BCUT2D eigenvalue weighted by Gasteiger charge is 2.02. The van der Waals surface area contributed by atoms with E-state index in [-0.39, 0.29) is 5.82 Å². The monoisotopic (exact) mass is 282 g/mol. The summed E-state index contributed by atoms with van der Waals surface area (Å²) in [6.07, 6.45) is 3.51. The summed E-state index contributed by atoms with van der Waals surface area (Å²) in [7, 11) is 0. The van der Waals surface area contributed by atoms with Gasteiger partial charge in [0.25, 0.3) is 0 Å². The minimum Gasteiger partial charge on any atom is -0.486 e. The first kappa shape index (κ1) is 13.4. The molecular formula is C17H15FN2O. The Morgan fingerprint density at radius 2 is 1.81 bits per heavy atom. The van der Waals surface area contributed by atoms with E-state index in [0.29, 0.717) is 18.9 Å². The molecule has 0 aliphatic heterocycles. The predicted molar refractivity (Wildman–Crippen MR) is 78.5 cm³/mol. The Kier molecular flexibility index (Phi) is 3.96. The number of hydrogen-bond acceptors (Lipinski definition) is 2. The normalized spacial score (nSPS) is 10.5. The van der Waals surface area contributed by atoms with E-state index >= 15 is 0 Å². The van der Waals surface area contributed by atoms with Crippen molar-refractivity contribution in [3.05, 3.63) is 83.9 Å². The SMILES string of the molecule is Fc1cccc(COc2cnn(Cc3ccccc3)c2)c1. The largest absolute Gasteiger partial charge is 0.486 e. The molecule has 1 aromatic heterocycles. The molecule has 0 aliphatic rings. The third kappa shape index (κ3) is 3.69. The second kappa shape index (κ2) is 6.22. The molecule has 3 aromatic rings. The molecule has 0 spiro atoms. The Morgan fingerprint density at radius 3 is 2.62 bits per heavy atom. The third-order valence-electron chi connectivity index (χ3n) is 3.09. The fraction of sp³-hybridized carbons (Fsp3) is 0.118. The van der Waals surface area contributed by atoms with Crippen molar-refractivity contribution in [3.63, 3.8) is 0 Å². The van der Waals surface area contributed by atoms with Gasteiger partial charge in [-0.3, -0.25) is 4.68 Å². The molecule has 2 aromatic carbocycles. The van der Waals surface area contributed by atoms with Gasteiger partial charge in [0, 0.05) is 0 Å². The zero-order valence-corrected chi connectivity index (χ0v) is 11.4. The average molecular weight is 282 g/mol. The third-order valence-corrected chi connectivity index (χ3v) is 3.09. The predicted octanol–water partition coefficient (Wildman–Crippen LogP) is 3.65. The molecule has 3 nitrogen and oxygen atoms in total. The van der Waals surface area contributed by atoms with E-state index in [1.54, 1.807) is 12.3 Å². The summed E-state index contributed by atoms with van der Waals surface area (Å²) < 4.78 is 20.5. The smallest absolute Gasteiger partial charge is 0.157 e. The molecule has 0 bridgehead atoms. The highest BCUT2D eigenvalue weighted by molar-refractivity contribution is 5.19. The molecule has 3 rings (SSSR count). The second-order valence-corrected chi connectivity index (χ2v) is 4.78. The van der Waals surface area contributed by atoms with Crippen molar-refractivity contribution < 1.29 is 9.13 Å². The van der Waals surface area contributed by atoms with Crippen LogP contribution in [0.3, 0.4) is 0 Å². The first-order valence-electron chi connectivity index (χ1n) is 6.73. The minimum absolute atomic E-state index is 0.254. The number of benzene rings is 2. The van der Waals surface area contributed by atoms with Crippen LogP contribution in [0.1, 0.15) is 11.1 Å². The zero-order valence-electron chi connectivity index (χ0n) is 11.4. The molecule has 0 N–H and O–H groups in total. The van der Waals surface area contributed by atoms with Crippen LogP contribution in [0, 0.1) is 5.82 Å². The van der Waals surface area contributed by atoms with Gasteiger partial charge in [0.05, 0.1) is 18.9 Å². The molecule has 0 saturated heterocycles. The molecule has 0 fully saturated rings. The van der Waals surface area contributed by atoms with E-state index in [1.165, 1.54) is 17.7 Å². The molecule has 106 valence electrons. The zero-order chi connectivity index (χ0) is 14.5. The fourth-order valence-electron chi connectivity index (χ4n) is 2.07. The molecule has 0 radical (unpaired) electrons. The molecule has 4 heteroatoms. The summed E-state index contributed by atoms with van der Waals surface area (Å²) in [5, 5.41) is 4.26. The Balaban J connectivity index is 1.60. The van der Waals surface area contributed by atoms with E-state index in [4.69, 9.17) is 4.74 Å². The van der Waals surface area contributed by atoms with Gasteiger partial charge in [-0.25, -0.2) is 4.39 Å². The summed E-state index contributed by atoms with van der Waals surface area (Å²) in [6, 6.07) is 16.5. The van der Waals surface area contributed by atoms with E-state index in [1.807, 2.05) is 35.1 Å². The van der Waals surface area contributed by atoms with Crippen LogP contribution in [0.25, 0.3) is 0 Å². The van der Waals surface area contributed by atoms with Gasteiger partial charge in [-0.15, -0.1) is 0 Å². The van der Waals surface area contributed by atoms with E-state index < -0.39 is 0 Å². The number of aromatic nitrogens is 2. The lowest BCUT2D eigenvalue weighted by Gasteiger charge is -2.03. The maximum absolute atomic E-state index is 13.1. The number of hydrogen-bond donors (Lipinski definition) is 0. The quantitative estimate of drug-likeness (QED) is 0.714. The van der Waals surface area contributed by atoms with Crippen LogP contribution in [0.5, 0.6) is 5.75 Å². The summed E-state index contributed by atoms with van der Waals surface area (Å²) in [5.74, 6) is 0.422. The lowest BCUT2D eigenvalue weighted by atomic mass is 10.2. The Labute approximate surface area is 122 Å². The number of halogens is 1. The van der Waals surface area contributed by atoms with Gasteiger partial charge < -0.3 is 4.74 Å². The number of nitrogens with zero attached hydrogens (tertiary/aromatic N) is 2. The Morgan fingerprint density at radius 1 is 1.00 bits per heavy atom. The van der Waals surface area contributed by atoms with Crippen molar-refractivity contribution >= 4 is 0 Å². The van der Waals surface area contributed by atoms with Crippen molar-refractivity contribution in [1.82, 2.24) is 9.78 Å². The van der Waals surface area contributed by atoms with Gasteiger partial charge in [-0.05, 0) is 23.3 Å². The standard InChI is InChI=1S/C17H15FN2O/c18-16-8-4-7-15(9-16)13-21-17-10-19-20(12-17)11-14-5-2-1-3-6-14/h1-10,12H,11,13H2. The number of ether oxygens (including phenoxy) is 1. The fourth-order valence-corrected chi connectivity index (χ4v) is 2.07. The highest BCUT2D eigenvalue weighted by Crippen LogP contribution is 2.13. The Bertz CT molecular complexity index is 710. The lowest BCUT2D eigenvalue weighted by molar-refractivity contribution is 0.305. The van der Waals surface area contributed by atoms with Gasteiger partial charge in [-0.2, -0.15) is 5.10 Å². The molecular weight excluding hydrogens is 267 g/mol. The van der Waals surface area contributed by atoms with Crippen molar-refractivity contribution in [2.45, 2.75) is 13.2 Å². The molecule has 0 amide bonds. The van der Waals surface area contributed by atoms with Gasteiger partial charge in [0.2, 0.25) is 0 Å². The van der Waals surface area contributed by atoms with Crippen LogP contribution in [0.15, 0.2) is 67.0 Å². The molecule has 0 atom stereocenters. The first-order valence-corrected chi connectivity index (χ1v) is 6.73. The van der Waals surface area contributed by atoms with Gasteiger partial charge in [0.15, 0.2) is 5.75 Å². The maximum atomic E-state index is 13.1. The van der Waals surface area contributed by atoms with E-state index in [2.05, 4.69) is 17.2 Å². The maximum Gasteiger partial charge on any atom is 0.157 e. The van der Waals surface area contributed by atoms with Crippen LogP contribution < -0.4 is 4.74 Å².